The van der Waals surface area contributed by atoms with E-state index >= 15 is 0 Å². The Morgan fingerprint density at radius 2 is 2.00 bits per heavy atom. The van der Waals surface area contributed by atoms with Crippen molar-refractivity contribution in [1.82, 2.24) is 9.62 Å². The molecule has 1 aromatic rings. The van der Waals surface area contributed by atoms with Crippen molar-refractivity contribution in [2.24, 2.45) is 0 Å². The molecular weight excluding hydrogens is 288 g/mol. The van der Waals surface area contributed by atoms with Crippen molar-refractivity contribution in [2.45, 2.75) is 17.9 Å². The van der Waals surface area contributed by atoms with Gasteiger partial charge in [0, 0.05) is 31.7 Å². The molecule has 0 aromatic heterocycles. The summed E-state index contributed by atoms with van der Waals surface area (Å²) in [7, 11) is -1.94. The van der Waals surface area contributed by atoms with Crippen LogP contribution in [0.25, 0.3) is 0 Å². The molecule has 1 aromatic carbocycles. The van der Waals surface area contributed by atoms with Crippen LogP contribution >= 0.6 is 12.4 Å². The van der Waals surface area contributed by atoms with Crippen LogP contribution in [-0.4, -0.2) is 44.7 Å². The molecule has 0 unspecified atom stereocenters. The third-order valence-electron chi connectivity index (χ3n) is 3.19. The van der Waals surface area contributed by atoms with Gasteiger partial charge >= 0.3 is 0 Å². The smallest absolute Gasteiger partial charge is 0.243 e. The predicted molar refractivity (Wildman–Crippen MR) is 75.3 cm³/mol. The quantitative estimate of drug-likeness (QED) is 0.840. The predicted octanol–water partition coefficient (Wildman–Crippen LogP) is 0.903. The lowest BCUT2D eigenvalue weighted by Crippen LogP contribution is -2.57. The normalized spacial score (nSPS) is 15.7. The van der Waals surface area contributed by atoms with Gasteiger partial charge in [0.2, 0.25) is 10.0 Å². The van der Waals surface area contributed by atoms with Crippen LogP contribution in [0.3, 0.4) is 0 Å². The number of rotatable bonds is 4. The van der Waals surface area contributed by atoms with E-state index in [0.29, 0.717) is 18.7 Å². The van der Waals surface area contributed by atoms with Crippen molar-refractivity contribution in [2.75, 3.05) is 20.1 Å². The second-order valence-electron chi connectivity index (χ2n) is 4.42. The lowest BCUT2D eigenvalue weighted by atomic mass is 10.2. The molecule has 5 nitrogen and oxygen atoms in total. The number of sulfonamides is 1. The van der Waals surface area contributed by atoms with Gasteiger partial charge in [0.05, 0.1) is 4.90 Å². The van der Waals surface area contributed by atoms with Gasteiger partial charge in [-0.25, -0.2) is 8.42 Å². The number of carbonyl (C=O) groups excluding carboxylic acids is 1. The van der Waals surface area contributed by atoms with Gasteiger partial charge in [-0.3, -0.25) is 4.79 Å². The number of ketones is 1. The highest BCUT2D eigenvalue weighted by molar-refractivity contribution is 7.89. The monoisotopic (exact) mass is 304 g/mol. The van der Waals surface area contributed by atoms with E-state index in [4.69, 9.17) is 0 Å². The molecule has 0 amide bonds. The molecule has 0 saturated carbocycles. The summed E-state index contributed by atoms with van der Waals surface area (Å²) < 4.78 is 26.0. The van der Waals surface area contributed by atoms with E-state index in [-0.39, 0.29) is 29.1 Å². The molecule has 0 bridgehead atoms. The van der Waals surface area contributed by atoms with Crippen molar-refractivity contribution in [3.8, 4) is 0 Å². The second kappa shape index (κ2) is 6.00. The third-order valence-corrected chi connectivity index (χ3v) is 5.10. The Hall–Kier alpha value is -0.950. The van der Waals surface area contributed by atoms with Gasteiger partial charge in [0.15, 0.2) is 5.78 Å². The summed E-state index contributed by atoms with van der Waals surface area (Å²) in [6.07, 6.45) is 0. The fraction of sp³-hybridized carbons (Fsp3) is 0.417. The molecule has 0 radical (unpaired) electrons. The molecule has 1 aliphatic rings. The Labute approximate surface area is 119 Å². The van der Waals surface area contributed by atoms with E-state index in [9.17, 15) is 13.2 Å². The van der Waals surface area contributed by atoms with Crippen molar-refractivity contribution >= 4 is 28.2 Å². The maximum atomic E-state index is 12.3. The number of nitrogens with one attached hydrogen (secondary N) is 1. The number of benzene rings is 1. The molecule has 1 aliphatic heterocycles. The van der Waals surface area contributed by atoms with Crippen LogP contribution in [0.1, 0.15) is 17.3 Å². The number of Topliss-reactive ketones (excluding diaryl/α,β-unsaturated/α-hetero) is 1. The standard InChI is InChI=1S/C12H16N2O3S.ClH/c1-9(15)10-4-3-5-12(6-10)18(16,17)14(2)11-7-13-8-11;/h3-6,11,13H,7-8H2,1-2H3;1H. The molecule has 106 valence electrons. The van der Waals surface area contributed by atoms with Crippen molar-refractivity contribution in [3.05, 3.63) is 29.8 Å². The maximum absolute atomic E-state index is 12.3. The van der Waals surface area contributed by atoms with Gasteiger partial charge in [0.1, 0.15) is 0 Å². The minimum absolute atomic E-state index is 0. The van der Waals surface area contributed by atoms with Crippen LogP contribution in [0.15, 0.2) is 29.2 Å². The van der Waals surface area contributed by atoms with Crippen LogP contribution in [0.5, 0.6) is 0 Å². The van der Waals surface area contributed by atoms with Gasteiger partial charge < -0.3 is 5.32 Å². The summed E-state index contributed by atoms with van der Waals surface area (Å²) >= 11 is 0. The Morgan fingerprint density at radius 1 is 1.37 bits per heavy atom. The Kier molecular flexibility index (Phi) is 5.09. The number of carbonyl (C=O) groups is 1. The lowest BCUT2D eigenvalue weighted by molar-refractivity contribution is 0.101. The first-order chi connectivity index (χ1) is 8.43. The molecular formula is C12H17ClN2O3S. The van der Waals surface area contributed by atoms with Gasteiger partial charge in [-0.05, 0) is 19.1 Å². The number of hydrogen-bond donors (Lipinski definition) is 1. The topological polar surface area (TPSA) is 66.5 Å². The molecule has 1 fully saturated rings. The second-order valence-corrected chi connectivity index (χ2v) is 6.41. The molecule has 0 aliphatic carbocycles. The van der Waals surface area contributed by atoms with Crippen LogP contribution in [0.4, 0.5) is 0 Å². The highest BCUT2D eigenvalue weighted by atomic mass is 35.5. The van der Waals surface area contributed by atoms with E-state index in [1.54, 1.807) is 19.2 Å². The zero-order valence-corrected chi connectivity index (χ0v) is 12.4. The van der Waals surface area contributed by atoms with Crippen molar-refractivity contribution in [1.29, 1.82) is 0 Å². The first kappa shape index (κ1) is 16.1. The number of likely N-dealkylation sites (N-methyl/N-ethyl adjacent to an activating group) is 1. The molecule has 1 saturated heterocycles. The Balaban J connectivity index is 0.00000180. The first-order valence-electron chi connectivity index (χ1n) is 5.72. The zero-order valence-electron chi connectivity index (χ0n) is 10.8. The minimum atomic E-state index is -3.51. The van der Waals surface area contributed by atoms with Crippen LogP contribution in [0.2, 0.25) is 0 Å². The molecule has 19 heavy (non-hydrogen) atoms. The summed E-state index contributed by atoms with van der Waals surface area (Å²) in [5.74, 6) is -0.139. The average Bonchev–Trinajstić information content (AvgIpc) is 2.26. The highest BCUT2D eigenvalue weighted by Gasteiger charge is 2.31. The van der Waals surface area contributed by atoms with E-state index in [0.717, 1.165) is 0 Å². The number of nitrogens with zero attached hydrogens (tertiary/aromatic N) is 1. The van der Waals surface area contributed by atoms with E-state index < -0.39 is 10.0 Å². The average molecular weight is 305 g/mol. The summed E-state index contributed by atoms with van der Waals surface area (Å²) in [4.78, 5) is 11.4. The van der Waals surface area contributed by atoms with Gasteiger partial charge in [-0.15, -0.1) is 12.4 Å². The maximum Gasteiger partial charge on any atom is 0.243 e. The summed E-state index contributed by atoms with van der Waals surface area (Å²) in [6.45, 7) is 2.76. The summed E-state index contributed by atoms with van der Waals surface area (Å²) in [6, 6.07) is 6.16. The lowest BCUT2D eigenvalue weighted by Gasteiger charge is -2.34. The first-order valence-corrected chi connectivity index (χ1v) is 7.16. The van der Waals surface area contributed by atoms with Gasteiger partial charge in [-0.2, -0.15) is 4.31 Å². The molecule has 0 atom stereocenters. The van der Waals surface area contributed by atoms with E-state index in [1.807, 2.05) is 0 Å². The van der Waals surface area contributed by atoms with Crippen molar-refractivity contribution < 1.29 is 13.2 Å². The minimum Gasteiger partial charge on any atom is -0.313 e. The fourth-order valence-corrected chi connectivity index (χ4v) is 3.17. The van der Waals surface area contributed by atoms with Crippen LogP contribution in [0, 0.1) is 0 Å². The van der Waals surface area contributed by atoms with Gasteiger partial charge in [-0.1, -0.05) is 12.1 Å². The van der Waals surface area contributed by atoms with Crippen LogP contribution in [-0.2, 0) is 10.0 Å². The van der Waals surface area contributed by atoms with Gasteiger partial charge in [0.25, 0.3) is 0 Å². The number of hydrogen-bond acceptors (Lipinski definition) is 4. The molecule has 0 spiro atoms. The largest absolute Gasteiger partial charge is 0.313 e. The summed E-state index contributed by atoms with van der Waals surface area (Å²) in [5, 5.41) is 3.04. The summed E-state index contributed by atoms with van der Waals surface area (Å²) in [5.41, 5.74) is 0.413. The molecule has 1 N–H and O–H groups in total. The number of halogens is 1. The zero-order chi connectivity index (χ0) is 13.3. The third kappa shape index (κ3) is 3.14. The van der Waals surface area contributed by atoms with Crippen molar-refractivity contribution in [3.63, 3.8) is 0 Å². The highest BCUT2D eigenvalue weighted by Crippen LogP contribution is 2.19. The molecule has 2 rings (SSSR count). The van der Waals surface area contributed by atoms with E-state index in [2.05, 4.69) is 5.32 Å². The molecule has 1 heterocycles. The molecule has 7 heteroatoms. The van der Waals surface area contributed by atoms with Crippen LogP contribution < -0.4 is 5.32 Å². The Morgan fingerprint density at radius 3 is 2.47 bits per heavy atom. The SMILES string of the molecule is CC(=O)c1cccc(S(=O)(=O)N(C)C2CNC2)c1.Cl. The fourth-order valence-electron chi connectivity index (χ4n) is 1.77. The Bertz CT molecular complexity index is 570. The van der Waals surface area contributed by atoms with E-state index in [1.165, 1.54) is 23.4 Å².